The Balaban J connectivity index is 2.14. The van der Waals surface area contributed by atoms with Gasteiger partial charge in [0.15, 0.2) is 0 Å². The van der Waals surface area contributed by atoms with Gasteiger partial charge in [0.1, 0.15) is 17.6 Å². The molecule has 3 aromatic rings. The van der Waals surface area contributed by atoms with Crippen LogP contribution in [0.4, 0.5) is 4.39 Å². The molecule has 0 aliphatic heterocycles. The van der Waals surface area contributed by atoms with Crippen molar-refractivity contribution in [2.45, 2.75) is 6.10 Å². The van der Waals surface area contributed by atoms with Crippen molar-refractivity contribution in [1.29, 1.82) is 0 Å². The van der Waals surface area contributed by atoms with Gasteiger partial charge < -0.3 is 4.74 Å². The van der Waals surface area contributed by atoms with Gasteiger partial charge in [-0.25, -0.2) is 9.37 Å². The quantitative estimate of drug-likeness (QED) is 0.719. The molecule has 0 saturated heterocycles. The summed E-state index contributed by atoms with van der Waals surface area (Å²) in [7, 11) is 1.64. The number of hydrogen-bond acceptors (Lipinski definition) is 2. The monoisotopic (exact) mass is 256 g/mol. The summed E-state index contributed by atoms with van der Waals surface area (Å²) in [5.41, 5.74) is 2.52. The van der Waals surface area contributed by atoms with Crippen molar-refractivity contribution in [3.63, 3.8) is 0 Å². The van der Waals surface area contributed by atoms with Crippen LogP contribution in [0.25, 0.3) is 5.65 Å². The summed E-state index contributed by atoms with van der Waals surface area (Å²) >= 11 is 0. The van der Waals surface area contributed by atoms with Crippen molar-refractivity contribution in [2.75, 3.05) is 7.11 Å². The second kappa shape index (κ2) is 4.82. The van der Waals surface area contributed by atoms with E-state index < -0.39 is 0 Å². The lowest BCUT2D eigenvalue weighted by molar-refractivity contribution is 0.132. The Morgan fingerprint density at radius 3 is 2.68 bits per heavy atom. The molecule has 0 radical (unpaired) electrons. The molecule has 1 aromatic carbocycles. The summed E-state index contributed by atoms with van der Waals surface area (Å²) in [6.07, 6.45) is 2.88. The number of aromatic nitrogens is 2. The number of nitrogens with zero attached hydrogens (tertiary/aromatic N) is 2. The van der Waals surface area contributed by atoms with E-state index in [1.54, 1.807) is 23.8 Å². The molecule has 0 saturated carbocycles. The van der Waals surface area contributed by atoms with Gasteiger partial charge in [-0.2, -0.15) is 0 Å². The predicted molar refractivity (Wildman–Crippen MR) is 70.4 cm³/mol. The van der Waals surface area contributed by atoms with Crippen molar-refractivity contribution >= 4 is 5.65 Å². The van der Waals surface area contributed by atoms with Gasteiger partial charge in [0.2, 0.25) is 0 Å². The maximum Gasteiger partial charge on any atom is 0.139 e. The Morgan fingerprint density at radius 2 is 1.95 bits per heavy atom. The summed E-state index contributed by atoms with van der Waals surface area (Å²) in [4.78, 5) is 4.27. The van der Waals surface area contributed by atoms with Crippen molar-refractivity contribution in [3.05, 3.63) is 71.9 Å². The molecule has 0 amide bonds. The Bertz CT molecular complexity index is 694. The molecule has 0 spiro atoms. The number of pyridine rings is 1. The minimum atomic E-state index is -0.297. The zero-order chi connectivity index (χ0) is 13.2. The second-order valence-electron chi connectivity index (χ2n) is 4.29. The number of methoxy groups -OCH3 is 1. The zero-order valence-electron chi connectivity index (χ0n) is 10.5. The molecule has 19 heavy (non-hydrogen) atoms. The molecule has 2 heterocycles. The molecule has 2 aromatic heterocycles. The standard InChI is InChI=1S/C15H13FN2O/c1-19-15(11-5-3-2-4-6-11)13-9-17-14-8-7-12(16)10-18(13)14/h2-10,15H,1H3. The van der Waals surface area contributed by atoms with Gasteiger partial charge in [-0.15, -0.1) is 0 Å². The maximum atomic E-state index is 13.4. The lowest BCUT2D eigenvalue weighted by atomic mass is 10.1. The first kappa shape index (κ1) is 11.9. The number of ether oxygens (including phenoxy) is 1. The average molecular weight is 256 g/mol. The van der Waals surface area contributed by atoms with Crippen LogP contribution in [0.15, 0.2) is 54.9 Å². The Morgan fingerprint density at radius 1 is 1.16 bits per heavy atom. The molecule has 0 bridgehead atoms. The third kappa shape index (κ3) is 2.11. The third-order valence-electron chi connectivity index (χ3n) is 3.10. The first-order valence-corrected chi connectivity index (χ1v) is 6.00. The van der Waals surface area contributed by atoms with Crippen molar-refractivity contribution in [2.24, 2.45) is 0 Å². The first-order valence-electron chi connectivity index (χ1n) is 6.00. The van der Waals surface area contributed by atoms with Crippen LogP contribution in [-0.2, 0) is 4.74 Å². The van der Waals surface area contributed by atoms with E-state index in [0.29, 0.717) is 5.65 Å². The topological polar surface area (TPSA) is 26.5 Å². The third-order valence-corrected chi connectivity index (χ3v) is 3.10. The highest BCUT2D eigenvalue weighted by atomic mass is 19.1. The Labute approximate surface area is 110 Å². The Kier molecular flexibility index (Phi) is 3.01. The van der Waals surface area contributed by atoms with Crippen LogP contribution in [0.2, 0.25) is 0 Å². The van der Waals surface area contributed by atoms with E-state index >= 15 is 0 Å². The normalized spacial score (nSPS) is 12.7. The van der Waals surface area contributed by atoms with E-state index in [-0.39, 0.29) is 11.9 Å². The van der Waals surface area contributed by atoms with Gasteiger partial charge in [0.25, 0.3) is 0 Å². The SMILES string of the molecule is COC(c1ccccc1)c1cnc2ccc(F)cn12. The molecule has 0 aliphatic carbocycles. The van der Waals surface area contributed by atoms with Gasteiger partial charge in [-0.05, 0) is 17.7 Å². The fraction of sp³-hybridized carbons (Fsp3) is 0.133. The summed E-state index contributed by atoms with van der Waals surface area (Å²) in [5.74, 6) is -0.297. The summed E-state index contributed by atoms with van der Waals surface area (Å²) < 4.78 is 20.6. The number of hydrogen-bond donors (Lipinski definition) is 0. The van der Waals surface area contributed by atoms with Gasteiger partial charge in [0, 0.05) is 13.3 Å². The number of fused-ring (bicyclic) bond motifs is 1. The predicted octanol–water partition coefficient (Wildman–Crippen LogP) is 3.21. The smallest absolute Gasteiger partial charge is 0.139 e. The van der Waals surface area contributed by atoms with Crippen LogP contribution in [0.5, 0.6) is 0 Å². The molecule has 1 unspecified atom stereocenters. The van der Waals surface area contributed by atoms with Crippen LogP contribution in [0, 0.1) is 5.82 Å². The minimum absolute atomic E-state index is 0.266. The molecular formula is C15H13FN2O. The number of halogens is 1. The second-order valence-corrected chi connectivity index (χ2v) is 4.29. The summed E-state index contributed by atoms with van der Waals surface area (Å²) in [6, 6.07) is 12.9. The summed E-state index contributed by atoms with van der Waals surface area (Å²) in [6.45, 7) is 0. The Hall–Kier alpha value is -2.20. The lowest BCUT2D eigenvalue weighted by Gasteiger charge is -2.15. The summed E-state index contributed by atoms with van der Waals surface area (Å²) in [5, 5.41) is 0. The molecule has 96 valence electrons. The molecule has 0 N–H and O–H groups in total. The van der Waals surface area contributed by atoms with E-state index in [2.05, 4.69) is 4.98 Å². The van der Waals surface area contributed by atoms with Crippen LogP contribution in [-0.4, -0.2) is 16.5 Å². The van der Waals surface area contributed by atoms with Crippen molar-refractivity contribution < 1.29 is 9.13 Å². The molecular weight excluding hydrogens is 243 g/mol. The highest BCUT2D eigenvalue weighted by molar-refractivity contribution is 5.42. The van der Waals surface area contributed by atoms with Crippen molar-refractivity contribution in [1.82, 2.24) is 9.38 Å². The van der Waals surface area contributed by atoms with E-state index in [1.165, 1.54) is 12.3 Å². The van der Waals surface area contributed by atoms with E-state index in [9.17, 15) is 4.39 Å². The van der Waals surface area contributed by atoms with E-state index in [1.807, 2.05) is 30.3 Å². The van der Waals surface area contributed by atoms with Gasteiger partial charge >= 0.3 is 0 Å². The fourth-order valence-electron chi connectivity index (χ4n) is 2.22. The van der Waals surface area contributed by atoms with Crippen LogP contribution in [0.1, 0.15) is 17.4 Å². The van der Waals surface area contributed by atoms with E-state index in [0.717, 1.165) is 11.3 Å². The van der Waals surface area contributed by atoms with Crippen LogP contribution >= 0.6 is 0 Å². The molecule has 4 heteroatoms. The first-order chi connectivity index (χ1) is 9.29. The minimum Gasteiger partial charge on any atom is -0.370 e. The number of benzene rings is 1. The molecule has 0 aliphatic rings. The van der Waals surface area contributed by atoms with Gasteiger partial charge in [-0.1, -0.05) is 30.3 Å². The molecule has 3 nitrogen and oxygen atoms in total. The lowest BCUT2D eigenvalue weighted by Crippen LogP contribution is -2.06. The molecule has 0 fully saturated rings. The fourth-order valence-corrected chi connectivity index (χ4v) is 2.22. The van der Waals surface area contributed by atoms with Crippen LogP contribution in [0.3, 0.4) is 0 Å². The number of rotatable bonds is 3. The van der Waals surface area contributed by atoms with Crippen molar-refractivity contribution in [3.8, 4) is 0 Å². The van der Waals surface area contributed by atoms with E-state index in [4.69, 9.17) is 4.74 Å². The zero-order valence-corrected chi connectivity index (χ0v) is 10.5. The molecule has 1 atom stereocenters. The number of imidazole rings is 1. The highest BCUT2D eigenvalue weighted by Gasteiger charge is 2.17. The van der Waals surface area contributed by atoms with Gasteiger partial charge in [-0.3, -0.25) is 4.40 Å². The van der Waals surface area contributed by atoms with Gasteiger partial charge in [0.05, 0.1) is 11.9 Å². The average Bonchev–Trinajstić information content (AvgIpc) is 2.84. The maximum absolute atomic E-state index is 13.4. The molecule has 3 rings (SSSR count). The highest BCUT2D eigenvalue weighted by Crippen LogP contribution is 2.25. The van der Waals surface area contributed by atoms with Crippen LogP contribution < -0.4 is 0 Å². The largest absolute Gasteiger partial charge is 0.370 e.